The molecule has 9 rings (SSSR count). The van der Waals surface area contributed by atoms with E-state index < -0.39 is 281 Å². The van der Waals surface area contributed by atoms with Crippen LogP contribution in [0.15, 0.2) is 0 Å². The van der Waals surface area contributed by atoms with Crippen molar-refractivity contribution in [1.82, 2.24) is 0 Å². The van der Waals surface area contributed by atoms with Gasteiger partial charge in [0.15, 0.2) is 56.6 Å². The molecule has 9 aliphatic heterocycles. The molecule has 9 heterocycles. The fourth-order valence-electron chi connectivity index (χ4n) is 10.6. The first-order chi connectivity index (χ1) is 39.1. The zero-order valence-electron chi connectivity index (χ0n) is 43.0. The van der Waals surface area contributed by atoms with Crippen LogP contribution < -0.4 is 0 Å². The molecule has 0 saturated carbocycles. The fraction of sp³-hybridized carbons (Fsp3) is 1.00. The fourth-order valence-corrected chi connectivity index (χ4v) is 10.6. The van der Waals surface area contributed by atoms with Crippen molar-refractivity contribution in [2.75, 3.05) is 59.5 Å². The minimum absolute atomic E-state index is 0.556. The molecule has 9 aliphatic rings. The summed E-state index contributed by atoms with van der Waals surface area (Å²) < 4.78 is 94.7. The van der Waals surface area contributed by atoms with Crippen molar-refractivity contribution in [2.24, 2.45) is 0 Å². The van der Waals surface area contributed by atoms with Crippen LogP contribution in [0.3, 0.4) is 0 Å². The Morgan fingerprint density at radius 2 is 0.439 bits per heavy atom. The molecular formula is C45H74O37. The van der Waals surface area contributed by atoms with Gasteiger partial charge in [0.05, 0.1) is 59.5 Å². The Morgan fingerprint density at radius 3 is 0.756 bits per heavy atom. The van der Waals surface area contributed by atoms with E-state index >= 15 is 0 Å². The van der Waals surface area contributed by atoms with Crippen LogP contribution in [0.4, 0.5) is 0 Å². The van der Waals surface area contributed by atoms with Gasteiger partial charge in [0, 0.05) is 0 Å². The largest absolute Gasteiger partial charge is 0.394 e. The Morgan fingerprint density at radius 1 is 0.207 bits per heavy atom. The van der Waals surface area contributed by atoms with E-state index in [-0.39, 0.29) is 0 Å². The monoisotopic (exact) mass is 1210 g/mol. The summed E-state index contributed by atoms with van der Waals surface area (Å²) in [6, 6.07) is 0. The molecule has 0 aromatic rings. The Kier molecular flexibility index (Phi) is 22.1. The summed E-state index contributed by atoms with van der Waals surface area (Å²) in [6.07, 6.45) is -56.1. The van der Waals surface area contributed by atoms with Crippen LogP contribution in [0.5, 0.6) is 0 Å². The smallest absolute Gasteiger partial charge is 0.187 e. The van der Waals surface area contributed by atoms with Gasteiger partial charge in [-0.2, -0.15) is 0 Å². The molecule has 20 N–H and O–H groups in total. The molecule has 0 amide bonds. The maximum absolute atomic E-state index is 10.9. The van der Waals surface area contributed by atoms with E-state index in [4.69, 9.17) is 80.5 Å². The first-order valence-electron chi connectivity index (χ1n) is 26.3. The predicted octanol–water partition coefficient (Wildman–Crippen LogP) is -14.9. The molecular weight excluding hydrogens is 1130 g/mol. The Labute approximate surface area is 463 Å². The highest BCUT2D eigenvalue weighted by Crippen LogP contribution is 2.36. The second kappa shape index (κ2) is 27.9. The number of aliphatic hydroxyl groups excluding tert-OH is 20. The molecule has 82 heavy (non-hydrogen) atoms. The SMILES string of the molecule is OC[C@H]1O[C@@H](O[C@@H]2[C@@H](OC[C@H]3O[C@H](OC[C@H]4O[C@H](OC[C@H]5O[C@H](O)[C@@H](O)[C@@H]5O[C@H]5O[C@H](CO[C@H]6O[C@H](CO[C@H]7O[C@H](CO)[C@@H](O)[C@@H]7O[C@@H]7O[C@H](CO)[C@@H](O)[C@@H]7O)[C@@H](O)[C@@H]6O)[C@@H](O)[C@@H]5O)[C@@H](O)[C@@H]4O)[C@@H](O)[C@@H]3O)O[C@H](CO)[C@H]2O)[C@@H](O)[C@@H]1O. The summed E-state index contributed by atoms with van der Waals surface area (Å²) >= 11 is 0. The third kappa shape index (κ3) is 13.4. The van der Waals surface area contributed by atoms with Gasteiger partial charge in [0.1, 0.15) is 165 Å². The standard InChI is InChI=1S/C45H74O37/c46-1-10-19(50)30(61)41(72-10)81-35-25(56)12(3-48)74-44(35)69-7-15-22(53)27(58)38(77-15)66-5-14-21(52)29(60)40(76-14)68-9-18-34(33(64)37(65)71-18)80-43-32(63)24(55)17(79-43)6-67-39-28(59)23(54)16(78-39)8-70-45-36(26(57)13(4-49)75-45)82-42-31(62)20(51)11(2-47)73-42/h10-65H,1-9H2/t10-,11-,12-,13-,14-,15-,16-,17-,18-,19-,20-,21-,22-,23-,24-,25-,26-,27+,28+,29+,30+,31+,32+,33+,34-,35+,36+,37+,38+,39+,40+,41+,42+,43-,44+,45+/m1/s1. The van der Waals surface area contributed by atoms with Crippen molar-refractivity contribution < 1.29 is 183 Å². The van der Waals surface area contributed by atoms with Crippen molar-refractivity contribution in [3.63, 3.8) is 0 Å². The lowest BCUT2D eigenvalue weighted by molar-refractivity contribution is -0.256. The minimum Gasteiger partial charge on any atom is -0.394 e. The van der Waals surface area contributed by atoms with Crippen LogP contribution in [-0.4, -0.2) is 383 Å². The van der Waals surface area contributed by atoms with Crippen molar-refractivity contribution in [3.05, 3.63) is 0 Å². The van der Waals surface area contributed by atoms with Crippen LogP contribution in [0, 0.1) is 0 Å². The second-order valence-corrected chi connectivity index (χ2v) is 21.0. The molecule has 0 aromatic heterocycles. The molecule has 0 aliphatic carbocycles. The Hall–Kier alpha value is -1.48. The highest BCUT2D eigenvalue weighted by molar-refractivity contribution is 4.98. The van der Waals surface area contributed by atoms with E-state index in [9.17, 15) is 102 Å². The predicted molar refractivity (Wildman–Crippen MR) is 243 cm³/mol. The van der Waals surface area contributed by atoms with Crippen LogP contribution in [-0.2, 0) is 80.5 Å². The summed E-state index contributed by atoms with van der Waals surface area (Å²) in [6.45, 7) is -5.73. The third-order valence-corrected chi connectivity index (χ3v) is 15.5. The zero-order valence-corrected chi connectivity index (χ0v) is 43.0. The molecule has 0 aromatic carbocycles. The maximum atomic E-state index is 10.9. The van der Waals surface area contributed by atoms with Gasteiger partial charge in [-0.1, -0.05) is 0 Å². The maximum Gasteiger partial charge on any atom is 0.187 e. The summed E-state index contributed by atoms with van der Waals surface area (Å²) in [5.41, 5.74) is 0. The third-order valence-electron chi connectivity index (χ3n) is 15.5. The number of aliphatic hydroxyl groups is 20. The van der Waals surface area contributed by atoms with Gasteiger partial charge in [-0.3, -0.25) is 0 Å². The molecule has 9 fully saturated rings. The summed E-state index contributed by atoms with van der Waals surface area (Å²) in [5, 5.41) is 208. The van der Waals surface area contributed by atoms with E-state index in [0.29, 0.717) is 0 Å². The average molecular weight is 1210 g/mol. The minimum atomic E-state index is -1.91. The molecule has 9 saturated heterocycles. The Balaban J connectivity index is 0.710. The molecule has 36 atom stereocenters. The van der Waals surface area contributed by atoms with Crippen molar-refractivity contribution in [2.45, 2.75) is 221 Å². The van der Waals surface area contributed by atoms with Gasteiger partial charge in [-0.25, -0.2) is 0 Å². The number of rotatable bonds is 25. The average Bonchev–Trinajstić information content (AvgIpc) is 4.45. The van der Waals surface area contributed by atoms with Crippen LogP contribution in [0.1, 0.15) is 0 Å². The molecule has 37 nitrogen and oxygen atoms in total. The van der Waals surface area contributed by atoms with Gasteiger partial charge < -0.3 is 183 Å². The van der Waals surface area contributed by atoms with E-state index in [2.05, 4.69) is 0 Å². The Bertz CT molecular complexity index is 1980. The van der Waals surface area contributed by atoms with Crippen LogP contribution in [0.2, 0.25) is 0 Å². The van der Waals surface area contributed by atoms with E-state index in [1.165, 1.54) is 0 Å². The number of hydrogen-bond acceptors (Lipinski definition) is 37. The summed E-state index contributed by atoms with van der Waals surface area (Å²) in [4.78, 5) is 0. The summed E-state index contributed by atoms with van der Waals surface area (Å²) in [7, 11) is 0. The first-order valence-corrected chi connectivity index (χ1v) is 26.3. The quantitative estimate of drug-likeness (QED) is 0.0404. The van der Waals surface area contributed by atoms with Crippen molar-refractivity contribution >= 4 is 0 Å². The first kappa shape index (κ1) is 65.0. The van der Waals surface area contributed by atoms with Gasteiger partial charge in [-0.05, 0) is 0 Å². The van der Waals surface area contributed by atoms with Gasteiger partial charge in [-0.15, -0.1) is 0 Å². The van der Waals surface area contributed by atoms with E-state index in [1.54, 1.807) is 0 Å². The van der Waals surface area contributed by atoms with Crippen LogP contribution in [0.25, 0.3) is 0 Å². The van der Waals surface area contributed by atoms with Gasteiger partial charge >= 0.3 is 0 Å². The summed E-state index contributed by atoms with van der Waals surface area (Å²) in [5.74, 6) is 0. The number of ether oxygens (including phenoxy) is 17. The van der Waals surface area contributed by atoms with Crippen LogP contribution >= 0.6 is 0 Å². The molecule has 0 bridgehead atoms. The molecule has 476 valence electrons. The highest BCUT2D eigenvalue weighted by Gasteiger charge is 2.57. The topological polar surface area (TPSA) is 562 Å². The highest BCUT2D eigenvalue weighted by atomic mass is 16.8. The van der Waals surface area contributed by atoms with Crippen molar-refractivity contribution in [3.8, 4) is 0 Å². The number of hydrogen-bond donors (Lipinski definition) is 20. The molecule has 0 spiro atoms. The lowest BCUT2D eigenvalue weighted by Gasteiger charge is -2.26. The van der Waals surface area contributed by atoms with E-state index in [0.717, 1.165) is 0 Å². The normalized spacial score (nSPS) is 53.3. The van der Waals surface area contributed by atoms with Crippen molar-refractivity contribution in [1.29, 1.82) is 0 Å². The lowest BCUT2D eigenvalue weighted by atomic mass is 10.1. The molecule has 0 radical (unpaired) electrons. The molecule has 0 unspecified atom stereocenters. The van der Waals surface area contributed by atoms with E-state index in [1.807, 2.05) is 0 Å². The lowest BCUT2D eigenvalue weighted by Crippen LogP contribution is -2.44. The van der Waals surface area contributed by atoms with Gasteiger partial charge in [0.2, 0.25) is 0 Å². The second-order valence-electron chi connectivity index (χ2n) is 21.0. The van der Waals surface area contributed by atoms with Gasteiger partial charge in [0.25, 0.3) is 0 Å². The molecule has 37 heteroatoms. The zero-order chi connectivity index (χ0) is 59.2.